The molecule has 1 fully saturated rings. The molecule has 0 bridgehead atoms. The van der Waals surface area contributed by atoms with E-state index < -0.39 is 30.7 Å². The van der Waals surface area contributed by atoms with E-state index in [1.165, 1.54) is 0 Å². The lowest BCUT2D eigenvalue weighted by Crippen LogP contribution is -2.46. The molecule has 1 rings (SSSR count). The Kier molecular flexibility index (Phi) is 2.76. The molecule has 0 amide bonds. The molecule has 12 heavy (non-hydrogen) atoms. The number of hydrogen-bond acceptors (Lipinski definition) is 5. The van der Waals surface area contributed by atoms with Gasteiger partial charge >= 0.3 is 0 Å². The van der Waals surface area contributed by atoms with Crippen LogP contribution >= 0.6 is 0 Å². The van der Waals surface area contributed by atoms with E-state index in [0.29, 0.717) is 0 Å². The van der Waals surface area contributed by atoms with Crippen LogP contribution in [0.15, 0.2) is 0 Å². The Bertz CT molecular complexity index is 222. The van der Waals surface area contributed by atoms with Gasteiger partial charge in [-0.1, -0.05) is 0 Å². The summed E-state index contributed by atoms with van der Waals surface area (Å²) in [6.45, 7) is -0.453. The molecule has 0 aromatic heterocycles. The van der Waals surface area contributed by atoms with Gasteiger partial charge in [0.1, 0.15) is 12.2 Å². The first-order valence-corrected chi connectivity index (χ1v) is 3.55. The van der Waals surface area contributed by atoms with Gasteiger partial charge in [0.05, 0.1) is 12.7 Å². The molecule has 5 heteroatoms. The molecule has 0 aromatic rings. The second-order valence-corrected chi connectivity index (χ2v) is 2.59. The molecule has 1 aliphatic rings. The van der Waals surface area contributed by atoms with Crippen molar-refractivity contribution < 1.29 is 19.7 Å². The van der Waals surface area contributed by atoms with E-state index in [1.807, 2.05) is 0 Å². The smallest absolute Gasteiger partial charge is 0.167 e. The minimum Gasteiger partial charge on any atom is -0.394 e. The molecule has 5 nitrogen and oxygen atoms in total. The minimum absolute atomic E-state index is 0.103. The molecule has 1 heterocycles. The number of nitriles is 1. The maximum Gasteiger partial charge on any atom is 0.167 e. The summed E-state index contributed by atoms with van der Waals surface area (Å²) >= 11 is 0. The molecule has 0 unspecified atom stereocenters. The molecule has 66 valence electrons. The third kappa shape index (κ3) is 1.61. The Hall–Kier alpha value is -0.960. The molecule has 2 N–H and O–H groups in total. The van der Waals surface area contributed by atoms with Crippen molar-refractivity contribution in [3.63, 3.8) is 0 Å². The summed E-state index contributed by atoms with van der Waals surface area (Å²) in [5, 5.41) is 26.2. The highest BCUT2D eigenvalue weighted by Gasteiger charge is 2.35. The topological polar surface area (TPSA) is 90.6 Å². The first-order valence-electron chi connectivity index (χ1n) is 3.55. The first kappa shape index (κ1) is 9.13. The first-order chi connectivity index (χ1) is 5.69. The van der Waals surface area contributed by atoms with Crippen molar-refractivity contribution in [2.75, 3.05) is 6.61 Å². The average Bonchev–Trinajstić information content (AvgIpc) is 2.09. The second-order valence-electron chi connectivity index (χ2n) is 2.59. The highest BCUT2D eigenvalue weighted by atomic mass is 16.5. The third-order valence-corrected chi connectivity index (χ3v) is 1.73. The number of aliphatic hydroxyl groups is 2. The van der Waals surface area contributed by atoms with Gasteiger partial charge < -0.3 is 14.9 Å². The van der Waals surface area contributed by atoms with E-state index in [0.717, 1.165) is 0 Å². The third-order valence-electron chi connectivity index (χ3n) is 1.73. The Morgan fingerprint density at radius 1 is 1.75 bits per heavy atom. The predicted octanol–water partition coefficient (Wildman–Crippen LogP) is -1.41. The minimum atomic E-state index is -1.29. The van der Waals surface area contributed by atoms with Gasteiger partial charge in [-0.2, -0.15) is 5.26 Å². The summed E-state index contributed by atoms with van der Waals surface area (Å²) < 4.78 is 4.89. The zero-order valence-electron chi connectivity index (χ0n) is 6.30. The lowest BCUT2D eigenvalue weighted by atomic mass is 10.0. The van der Waals surface area contributed by atoms with Crippen molar-refractivity contribution >= 4 is 5.78 Å². The molecule has 3 atom stereocenters. The Labute approximate surface area is 69.2 Å². The van der Waals surface area contributed by atoms with Gasteiger partial charge in [-0.25, -0.2) is 0 Å². The molecule has 0 radical (unpaired) electrons. The van der Waals surface area contributed by atoms with Crippen molar-refractivity contribution in [1.82, 2.24) is 0 Å². The van der Waals surface area contributed by atoms with E-state index in [2.05, 4.69) is 0 Å². The highest BCUT2D eigenvalue weighted by Crippen LogP contribution is 2.15. The molecule has 0 saturated carbocycles. The van der Waals surface area contributed by atoms with Crippen molar-refractivity contribution in [2.24, 2.45) is 0 Å². The summed E-state index contributed by atoms with van der Waals surface area (Å²) in [5.74, 6) is -0.452. The highest BCUT2D eigenvalue weighted by molar-refractivity contribution is 5.84. The number of hydrogen-bond donors (Lipinski definition) is 2. The number of rotatable bonds is 1. The van der Waals surface area contributed by atoms with Gasteiger partial charge in [0.25, 0.3) is 0 Å². The molecule has 0 aromatic carbocycles. The summed E-state index contributed by atoms with van der Waals surface area (Å²) in [7, 11) is 0. The van der Waals surface area contributed by atoms with E-state index in [-0.39, 0.29) is 6.42 Å². The van der Waals surface area contributed by atoms with Gasteiger partial charge in [-0.3, -0.25) is 4.79 Å². The summed E-state index contributed by atoms with van der Waals surface area (Å²) in [6.07, 6.45) is -3.18. The van der Waals surface area contributed by atoms with Crippen molar-refractivity contribution in [1.29, 1.82) is 5.26 Å². The molecule has 0 aliphatic carbocycles. The summed E-state index contributed by atoms with van der Waals surface area (Å²) in [6, 6.07) is 1.75. The summed E-state index contributed by atoms with van der Waals surface area (Å²) in [4.78, 5) is 10.9. The second kappa shape index (κ2) is 3.63. The number of carbonyl (C=O) groups is 1. The van der Waals surface area contributed by atoms with Crippen LogP contribution < -0.4 is 0 Å². The lowest BCUT2D eigenvalue weighted by Gasteiger charge is -2.28. The van der Waals surface area contributed by atoms with Crippen LogP contribution in [0.1, 0.15) is 6.42 Å². The van der Waals surface area contributed by atoms with Crippen LogP contribution in [0, 0.1) is 11.3 Å². The predicted molar refractivity (Wildman–Crippen MR) is 37.0 cm³/mol. The normalized spacial score (nSPS) is 36.1. The number of carbonyl (C=O) groups excluding carboxylic acids is 1. The van der Waals surface area contributed by atoms with E-state index in [1.54, 1.807) is 6.07 Å². The van der Waals surface area contributed by atoms with E-state index >= 15 is 0 Å². The number of aliphatic hydroxyl groups excluding tert-OH is 2. The van der Waals surface area contributed by atoms with Crippen LogP contribution in [0.5, 0.6) is 0 Å². The summed E-state index contributed by atoms with van der Waals surface area (Å²) in [5.41, 5.74) is 0. The fourth-order valence-corrected chi connectivity index (χ4v) is 1.06. The Balaban J connectivity index is 2.66. The zero-order valence-corrected chi connectivity index (χ0v) is 6.30. The van der Waals surface area contributed by atoms with Crippen LogP contribution in [0.2, 0.25) is 0 Å². The Morgan fingerprint density at radius 2 is 2.42 bits per heavy atom. The average molecular weight is 171 g/mol. The fourth-order valence-electron chi connectivity index (χ4n) is 1.06. The van der Waals surface area contributed by atoms with Gasteiger partial charge in [0, 0.05) is 6.42 Å². The molecule has 0 spiro atoms. The van der Waals surface area contributed by atoms with Gasteiger partial charge in [-0.15, -0.1) is 0 Å². The fraction of sp³-hybridized carbons (Fsp3) is 0.714. The molecule has 1 aliphatic heterocycles. The van der Waals surface area contributed by atoms with Crippen molar-refractivity contribution in [3.05, 3.63) is 0 Å². The number of ketones is 1. The van der Waals surface area contributed by atoms with Crippen molar-refractivity contribution in [3.8, 4) is 6.07 Å². The number of nitrogens with zero attached hydrogens (tertiary/aromatic N) is 1. The SMILES string of the molecule is N#C[C@@H]1CC(=O)[C@H](O)[C@@H](CO)O1. The molecular formula is C7H9NO4. The van der Waals surface area contributed by atoms with Gasteiger partial charge in [0.2, 0.25) is 0 Å². The quantitative estimate of drug-likeness (QED) is 0.505. The molecule has 1 saturated heterocycles. The van der Waals surface area contributed by atoms with Gasteiger partial charge in [-0.05, 0) is 0 Å². The van der Waals surface area contributed by atoms with Crippen LogP contribution in [0.3, 0.4) is 0 Å². The van der Waals surface area contributed by atoms with Crippen molar-refractivity contribution in [2.45, 2.75) is 24.7 Å². The number of Topliss-reactive ketones (excluding diaryl/α,β-unsaturated/α-hetero) is 1. The van der Waals surface area contributed by atoms with Crippen LogP contribution in [-0.2, 0) is 9.53 Å². The molecular weight excluding hydrogens is 162 g/mol. The lowest BCUT2D eigenvalue weighted by molar-refractivity contribution is -0.156. The maximum atomic E-state index is 10.9. The van der Waals surface area contributed by atoms with Crippen LogP contribution in [-0.4, -0.2) is 40.9 Å². The standard InChI is InChI=1S/C7H9NO4/c8-2-4-1-5(10)7(11)6(3-9)12-4/h4,6-7,9,11H,1,3H2/t4-,6+,7-/m0/s1. The van der Waals surface area contributed by atoms with Crippen LogP contribution in [0.25, 0.3) is 0 Å². The van der Waals surface area contributed by atoms with Gasteiger partial charge in [0.15, 0.2) is 11.9 Å². The van der Waals surface area contributed by atoms with Crippen LogP contribution in [0.4, 0.5) is 0 Å². The zero-order chi connectivity index (χ0) is 9.14. The largest absolute Gasteiger partial charge is 0.394 e. The number of ether oxygens (including phenoxy) is 1. The Morgan fingerprint density at radius 3 is 2.92 bits per heavy atom. The maximum absolute atomic E-state index is 10.9. The van der Waals surface area contributed by atoms with E-state index in [9.17, 15) is 4.79 Å². The van der Waals surface area contributed by atoms with E-state index in [4.69, 9.17) is 20.2 Å². The monoisotopic (exact) mass is 171 g/mol.